The minimum absolute atomic E-state index is 0.408. The molecule has 1 aromatic heterocycles. The molecule has 0 aliphatic heterocycles. The number of rotatable bonds is 4. The zero-order valence-electron chi connectivity index (χ0n) is 10.7. The molecule has 5 heteroatoms. The number of nitriles is 1. The first-order valence-electron chi connectivity index (χ1n) is 6.43. The lowest BCUT2D eigenvalue weighted by atomic mass is 10.2. The fraction of sp³-hybridized carbons (Fsp3) is 0.267. The molecule has 1 fully saturated rings. The van der Waals surface area contributed by atoms with Crippen molar-refractivity contribution in [1.29, 1.82) is 5.26 Å². The van der Waals surface area contributed by atoms with Crippen LogP contribution >= 0.6 is 15.9 Å². The van der Waals surface area contributed by atoms with Crippen LogP contribution < -0.4 is 4.74 Å². The lowest BCUT2D eigenvalue weighted by molar-refractivity contribution is 0.457. The zero-order chi connectivity index (χ0) is 13.9. The van der Waals surface area contributed by atoms with Crippen LogP contribution in [0, 0.1) is 11.3 Å². The Hall–Kier alpha value is -1.93. The van der Waals surface area contributed by atoms with E-state index >= 15 is 0 Å². The van der Waals surface area contributed by atoms with Crippen molar-refractivity contribution < 1.29 is 4.74 Å². The van der Waals surface area contributed by atoms with Crippen LogP contribution in [-0.4, -0.2) is 9.97 Å². The Bertz CT molecular complexity index is 660. The van der Waals surface area contributed by atoms with Crippen LogP contribution in [0.1, 0.15) is 30.1 Å². The van der Waals surface area contributed by atoms with E-state index in [1.807, 2.05) is 24.3 Å². The summed E-state index contributed by atoms with van der Waals surface area (Å²) in [5, 5.41) is 8.64. The summed E-state index contributed by atoms with van der Waals surface area (Å²) < 4.78 is 6.49. The second kappa shape index (κ2) is 5.59. The van der Waals surface area contributed by atoms with Gasteiger partial charge in [0.15, 0.2) is 0 Å². The van der Waals surface area contributed by atoms with Crippen molar-refractivity contribution in [2.75, 3.05) is 0 Å². The van der Waals surface area contributed by atoms with Crippen molar-refractivity contribution in [1.82, 2.24) is 9.97 Å². The van der Waals surface area contributed by atoms with Crippen molar-refractivity contribution in [3.05, 3.63) is 46.3 Å². The predicted octanol–water partition coefficient (Wildman–Crippen LogP) is 3.97. The number of hydrogen-bond acceptors (Lipinski definition) is 4. The molecule has 0 radical (unpaired) electrons. The maximum absolute atomic E-state index is 8.64. The standard InChI is InChI=1S/C15H12BrN3O/c16-13-9-14(19-15(18-13)11-3-4-11)20-12-5-1-10(2-6-12)7-8-17/h1-2,5-6,9,11H,3-4,7H2. The second-order valence-corrected chi connectivity index (χ2v) is 5.55. The molecule has 2 aromatic rings. The average Bonchev–Trinajstić information content (AvgIpc) is 3.25. The molecule has 20 heavy (non-hydrogen) atoms. The highest BCUT2D eigenvalue weighted by molar-refractivity contribution is 9.10. The van der Waals surface area contributed by atoms with Crippen LogP contribution in [0.15, 0.2) is 34.9 Å². The topological polar surface area (TPSA) is 58.8 Å². The molecule has 4 nitrogen and oxygen atoms in total. The molecule has 0 unspecified atom stereocenters. The number of hydrogen-bond donors (Lipinski definition) is 0. The van der Waals surface area contributed by atoms with Crippen molar-refractivity contribution in [2.24, 2.45) is 0 Å². The quantitative estimate of drug-likeness (QED) is 0.796. The third kappa shape index (κ3) is 3.14. The number of benzene rings is 1. The van der Waals surface area contributed by atoms with Crippen molar-refractivity contribution in [2.45, 2.75) is 25.2 Å². The fourth-order valence-corrected chi connectivity index (χ4v) is 2.26. The fourth-order valence-electron chi connectivity index (χ4n) is 1.88. The molecule has 0 saturated heterocycles. The van der Waals surface area contributed by atoms with Gasteiger partial charge in [0.1, 0.15) is 16.2 Å². The van der Waals surface area contributed by atoms with Gasteiger partial charge in [0.2, 0.25) is 5.88 Å². The molecule has 0 bridgehead atoms. The molecule has 0 spiro atoms. The summed E-state index contributed by atoms with van der Waals surface area (Å²) in [6.07, 6.45) is 2.71. The third-order valence-corrected chi connectivity index (χ3v) is 3.47. The number of halogens is 1. The highest BCUT2D eigenvalue weighted by Gasteiger charge is 2.27. The summed E-state index contributed by atoms with van der Waals surface area (Å²) in [6.45, 7) is 0. The summed E-state index contributed by atoms with van der Waals surface area (Å²) in [5.74, 6) is 2.57. The van der Waals surface area contributed by atoms with Gasteiger partial charge in [-0.2, -0.15) is 10.2 Å². The first-order valence-corrected chi connectivity index (χ1v) is 7.22. The van der Waals surface area contributed by atoms with E-state index in [4.69, 9.17) is 10.00 Å². The first-order chi connectivity index (χ1) is 9.74. The van der Waals surface area contributed by atoms with E-state index in [1.54, 1.807) is 6.07 Å². The first kappa shape index (κ1) is 13.1. The summed E-state index contributed by atoms with van der Waals surface area (Å²) in [6, 6.07) is 11.3. The molecule has 1 saturated carbocycles. The normalized spacial score (nSPS) is 13.8. The van der Waals surface area contributed by atoms with E-state index in [2.05, 4.69) is 32.0 Å². The van der Waals surface area contributed by atoms with Crippen LogP contribution in [0.3, 0.4) is 0 Å². The van der Waals surface area contributed by atoms with Gasteiger partial charge in [0.05, 0.1) is 12.5 Å². The van der Waals surface area contributed by atoms with E-state index < -0.39 is 0 Å². The summed E-state index contributed by atoms with van der Waals surface area (Å²) in [5.41, 5.74) is 0.974. The molecule has 3 rings (SSSR count). The van der Waals surface area contributed by atoms with E-state index in [0.29, 0.717) is 24.0 Å². The molecule has 0 N–H and O–H groups in total. The van der Waals surface area contributed by atoms with Crippen molar-refractivity contribution in [3.8, 4) is 17.7 Å². The minimum Gasteiger partial charge on any atom is -0.439 e. The molecular weight excluding hydrogens is 318 g/mol. The molecule has 1 aliphatic rings. The van der Waals surface area contributed by atoms with Crippen molar-refractivity contribution >= 4 is 15.9 Å². The van der Waals surface area contributed by atoms with Crippen LogP contribution in [-0.2, 0) is 6.42 Å². The van der Waals surface area contributed by atoms with Gasteiger partial charge < -0.3 is 4.74 Å². The lowest BCUT2D eigenvalue weighted by Crippen LogP contribution is -1.96. The molecule has 0 amide bonds. The van der Waals surface area contributed by atoms with Gasteiger partial charge in [-0.25, -0.2) is 4.98 Å². The van der Waals surface area contributed by atoms with Crippen LogP contribution in [0.2, 0.25) is 0 Å². The van der Waals surface area contributed by atoms with E-state index in [-0.39, 0.29) is 0 Å². The Morgan fingerprint density at radius 3 is 2.65 bits per heavy atom. The Kier molecular flexibility index (Phi) is 3.66. The number of ether oxygens (including phenoxy) is 1. The molecule has 100 valence electrons. The summed E-state index contributed by atoms with van der Waals surface area (Å²) in [4.78, 5) is 8.80. The third-order valence-electron chi connectivity index (χ3n) is 3.06. The Morgan fingerprint density at radius 1 is 1.25 bits per heavy atom. The van der Waals surface area contributed by atoms with Crippen LogP contribution in [0.4, 0.5) is 0 Å². The van der Waals surface area contributed by atoms with Gasteiger partial charge in [-0.15, -0.1) is 0 Å². The van der Waals surface area contributed by atoms with Crippen LogP contribution in [0.5, 0.6) is 11.6 Å². The molecule has 1 aliphatic carbocycles. The number of aromatic nitrogens is 2. The Labute approximate surface area is 125 Å². The average molecular weight is 330 g/mol. The molecular formula is C15H12BrN3O. The Morgan fingerprint density at radius 2 is 2.00 bits per heavy atom. The SMILES string of the molecule is N#CCc1ccc(Oc2cc(Br)nc(C3CC3)n2)cc1. The highest BCUT2D eigenvalue weighted by atomic mass is 79.9. The molecule has 0 atom stereocenters. The van der Waals surface area contributed by atoms with E-state index in [1.165, 1.54) is 0 Å². The van der Waals surface area contributed by atoms with Gasteiger partial charge in [-0.1, -0.05) is 12.1 Å². The highest BCUT2D eigenvalue weighted by Crippen LogP contribution is 2.39. The van der Waals surface area contributed by atoms with Gasteiger partial charge in [0, 0.05) is 12.0 Å². The second-order valence-electron chi connectivity index (χ2n) is 4.74. The van der Waals surface area contributed by atoms with E-state index in [9.17, 15) is 0 Å². The Balaban J connectivity index is 1.78. The van der Waals surface area contributed by atoms with E-state index in [0.717, 1.165) is 28.8 Å². The molecule has 1 aromatic carbocycles. The van der Waals surface area contributed by atoms with Crippen LogP contribution in [0.25, 0.3) is 0 Å². The maximum Gasteiger partial charge on any atom is 0.223 e. The van der Waals surface area contributed by atoms with Gasteiger partial charge in [0.25, 0.3) is 0 Å². The molecule has 1 heterocycles. The number of nitrogens with zero attached hydrogens (tertiary/aromatic N) is 3. The monoisotopic (exact) mass is 329 g/mol. The largest absolute Gasteiger partial charge is 0.439 e. The zero-order valence-corrected chi connectivity index (χ0v) is 12.3. The van der Waals surface area contributed by atoms with Gasteiger partial charge in [-0.3, -0.25) is 0 Å². The lowest BCUT2D eigenvalue weighted by Gasteiger charge is -2.07. The maximum atomic E-state index is 8.64. The van der Waals surface area contributed by atoms with Gasteiger partial charge in [-0.05, 0) is 46.5 Å². The predicted molar refractivity (Wildman–Crippen MR) is 77.5 cm³/mol. The summed E-state index contributed by atoms with van der Waals surface area (Å²) in [7, 11) is 0. The summed E-state index contributed by atoms with van der Waals surface area (Å²) >= 11 is 3.39. The van der Waals surface area contributed by atoms with Crippen molar-refractivity contribution in [3.63, 3.8) is 0 Å². The smallest absolute Gasteiger partial charge is 0.223 e. The van der Waals surface area contributed by atoms with Gasteiger partial charge >= 0.3 is 0 Å². The minimum atomic E-state index is 0.408.